The molecule has 0 radical (unpaired) electrons. The standard InChI is InChI=1S/C21H29N5O2/c1-13(2)24-10-8-15-17(12-24)22-19-11-16(23-26(19)21(15)28)18-5-3-4-9-25(18)20(27)14-6-7-14/h11,13-14,18,23H,3-10,12H2,1-2H3/t18-/m0/s1. The Hall–Kier alpha value is -2.15. The molecule has 1 saturated carbocycles. The van der Waals surface area contributed by atoms with E-state index in [1.165, 1.54) is 0 Å². The van der Waals surface area contributed by atoms with E-state index in [1.54, 1.807) is 4.52 Å². The van der Waals surface area contributed by atoms with E-state index in [0.717, 1.165) is 75.1 Å². The van der Waals surface area contributed by atoms with Crippen molar-refractivity contribution in [3.63, 3.8) is 0 Å². The van der Waals surface area contributed by atoms with Crippen LogP contribution in [0.1, 0.15) is 68.9 Å². The van der Waals surface area contributed by atoms with Crippen molar-refractivity contribution in [2.45, 2.75) is 71.0 Å². The predicted octanol–water partition coefficient (Wildman–Crippen LogP) is 2.25. The van der Waals surface area contributed by atoms with Crippen LogP contribution in [0.2, 0.25) is 0 Å². The van der Waals surface area contributed by atoms with Gasteiger partial charge in [0, 0.05) is 43.2 Å². The van der Waals surface area contributed by atoms with E-state index in [4.69, 9.17) is 4.98 Å². The molecular formula is C21H29N5O2. The van der Waals surface area contributed by atoms with Crippen molar-refractivity contribution in [2.24, 2.45) is 5.92 Å². The van der Waals surface area contributed by atoms with Crippen LogP contribution in [-0.4, -0.2) is 49.4 Å². The Labute approximate surface area is 164 Å². The average Bonchev–Trinajstić information content (AvgIpc) is 3.46. The summed E-state index contributed by atoms with van der Waals surface area (Å²) < 4.78 is 1.59. The van der Waals surface area contributed by atoms with Crippen molar-refractivity contribution in [3.05, 3.63) is 33.4 Å². The molecule has 2 aromatic heterocycles. The van der Waals surface area contributed by atoms with Crippen molar-refractivity contribution >= 4 is 11.6 Å². The zero-order valence-electron chi connectivity index (χ0n) is 16.8. The van der Waals surface area contributed by atoms with Crippen molar-refractivity contribution in [3.8, 4) is 0 Å². The maximum atomic E-state index is 13.1. The van der Waals surface area contributed by atoms with Crippen molar-refractivity contribution in [1.82, 2.24) is 24.4 Å². The van der Waals surface area contributed by atoms with Crippen LogP contribution in [0, 0.1) is 5.92 Å². The van der Waals surface area contributed by atoms with E-state index in [-0.39, 0.29) is 23.4 Å². The molecule has 5 rings (SSSR count). The van der Waals surface area contributed by atoms with Gasteiger partial charge in [-0.2, -0.15) is 0 Å². The number of nitrogens with one attached hydrogen (secondary N) is 1. The fraction of sp³-hybridized carbons (Fsp3) is 0.667. The summed E-state index contributed by atoms with van der Waals surface area (Å²) in [4.78, 5) is 35.1. The van der Waals surface area contributed by atoms with Crippen LogP contribution in [-0.2, 0) is 17.8 Å². The van der Waals surface area contributed by atoms with E-state index in [0.29, 0.717) is 11.7 Å². The molecule has 4 heterocycles. The van der Waals surface area contributed by atoms with Gasteiger partial charge >= 0.3 is 0 Å². The number of hydrogen-bond acceptors (Lipinski definition) is 4. The monoisotopic (exact) mass is 383 g/mol. The molecule has 7 heteroatoms. The molecule has 1 saturated heterocycles. The second-order valence-corrected chi connectivity index (χ2v) is 8.88. The summed E-state index contributed by atoms with van der Waals surface area (Å²) in [6, 6.07) is 2.46. The number of hydrogen-bond donors (Lipinski definition) is 1. The van der Waals surface area contributed by atoms with Crippen molar-refractivity contribution in [2.75, 3.05) is 13.1 Å². The van der Waals surface area contributed by atoms with Crippen LogP contribution in [0.25, 0.3) is 5.65 Å². The molecular weight excluding hydrogens is 354 g/mol. The van der Waals surface area contributed by atoms with Gasteiger partial charge in [-0.15, -0.1) is 0 Å². The topological polar surface area (TPSA) is 73.7 Å². The maximum absolute atomic E-state index is 13.1. The smallest absolute Gasteiger partial charge is 0.276 e. The van der Waals surface area contributed by atoms with E-state index >= 15 is 0 Å². The molecule has 3 aliphatic rings. The highest BCUT2D eigenvalue weighted by Crippen LogP contribution is 2.37. The summed E-state index contributed by atoms with van der Waals surface area (Å²) in [5, 5.41) is 3.30. The van der Waals surface area contributed by atoms with Crippen LogP contribution in [0.4, 0.5) is 0 Å². The molecule has 1 amide bonds. The minimum absolute atomic E-state index is 0.0190. The van der Waals surface area contributed by atoms with Crippen LogP contribution in [0.3, 0.4) is 0 Å². The minimum atomic E-state index is 0.0190. The van der Waals surface area contributed by atoms with Gasteiger partial charge in [0.05, 0.1) is 17.4 Å². The first-order chi connectivity index (χ1) is 13.5. The number of fused-ring (bicyclic) bond motifs is 2. The molecule has 1 aliphatic carbocycles. The van der Waals surface area contributed by atoms with Crippen LogP contribution >= 0.6 is 0 Å². The first-order valence-electron chi connectivity index (χ1n) is 10.7. The Morgan fingerprint density at radius 2 is 2.04 bits per heavy atom. The Kier molecular flexibility index (Phi) is 4.30. The molecule has 0 bridgehead atoms. The van der Waals surface area contributed by atoms with Gasteiger partial charge in [-0.25, -0.2) is 9.50 Å². The Morgan fingerprint density at radius 1 is 1.21 bits per heavy atom. The molecule has 2 fully saturated rings. The first kappa shape index (κ1) is 17.9. The lowest BCUT2D eigenvalue weighted by Crippen LogP contribution is -2.40. The highest BCUT2D eigenvalue weighted by atomic mass is 16.2. The lowest BCUT2D eigenvalue weighted by molar-refractivity contribution is -0.136. The summed E-state index contributed by atoms with van der Waals surface area (Å²) in [6.45, 7) is 6.80. The molecule has 1 atom stereocenters. The Balaban J connectivity index is 1.52. The van der Waals surface area contributed by atoms with Gasteiger partial charge in [0.1, 0.15) is 0 Å². The second kappa shape index (κ2) is 6.72. The zero-order chi connectivity index (χ0) is 19.4. The number of likely N-dealkylation sites (tertiary alicyclic amines) is 1. The third kappa shape index (κ3) is 2.96. The SMILES string of the molecule is CC(C)N1CCc2c(nc3cc([C@@H]4CCCCN4C(=O)C4CC4)[nH]n3c2=O)C1. The Morgan fingerprint density at radius 3 is 2.79 bits per heavy atom. The summed E-state index contributed by atoms with van der Waals surface area (Å²) in [7, 11) is 0. The quantitative estimate of drug-likeness (QED) is 0.882. The number of carbonyl (C=O) groups is 1. The van der Waals surface area contributed by atoms with E-state index in [1.807, 2.05) is 11.0 Å². The van der Waals surface area contributed by atoms with Gasteiger partial charge in [0.25, 0.3) is 5.56 Å². The average molecular weight is 383 g/mol. The van der Waals surface area contributed by atoms with Gasteiger partial charge in [-0.05, 0) is 52.4 Å². The van der Waals surface area contributed by atoms with Gasteiger partial charge < -0.3 is 4.90 Å². The van der Waals surface area contributed by atoms with Crippen LogP contribution in [0.15, 0.2) is 10.9 Å². The molecule has 28 heavy (non-hydrogen) atoms. The number of nitrogens with zero attached hydrogens (tertiary/aromatic N) is 4. The lowest BCUT2D eigenvalue weighted by Gasteiger charge is -2.35. The fourth-order valence-corrected chi connectivity index (χ4v) is 4.73. The first-order valence-corrected chi connectivity index (χ1v) is 10.7. The van der Waals surface area contributed by atoms with Crippen LogP contribution < -0.4 is 5.56 Å². The summed E-state index contributed by atoms with van der Waals surface area (Å²) in [5.41, 5.74) is 3.38. The summed E-state index contributed by atoms with van der Waals surface area (Å²) in [5.74, 6) is 0.510. The highest BCUT2D eigenvalue weighted by Gasteiger charge is 2.38. The summed E-state index contributed by atoms with van der Waals surface area (Å²) >= 11 is 0. The maximum Gasteiger partial charge on any atom is 0.276 e. The number of aromatic amines is 1. The predicted molar refractivity (Wildman–Crippen MR) is 106 cm³/mol. The van der Waals surface area contributed by atoms with E-state index in [2.05, 4.69) is 23.8 Å². The molecule has 0 unspecified atom stereocenters. The number of amides is 1. The normalized spacial score (nSPS) is 23.4. The van der Waals surface area contributed by atoms with Crippen LogP contribution in [0.5, 0.6) is 0 Å². The number of carbonyl (C=O) groups excluding carboxylic acids is 1. The Bertz CT molecular complexity index is 971. The molecule has 2 aromatic rings. The second-order valence-electron chi connectivity index (χ2n) is 8.88. The fourth-order valence-electron chi connectivity index (χ4n) is 4.73. The molecule has 0 spiro atoms. The van der Waals surface area contributed by atoms with Gasteiger partial charge in [0.15, 0.2) is 5.65 Å². The third-order valence-corrected chi connectivity index (χ3v) is 6.62. The molecule has 150 valence electrons. The molecule has 0 aromatic carbocycles. The highest BCUT2D eigenvalue weighted by molar-refractivity contribution is 5.81. The van der Waals surface area contributed by atoms with Gasteiger partial charge in [-0.3, -0.25) is 19.6 Å². The number of aromatic nitrogens is 3. The minimum Gasteiger partial charge on any atom is -0.334 e. The number of H-pyrrole nitrogens is 1. The third-order valence-electron chi connectivity index (χ3n) is 6.62. The van der Waals surface area contributed by atoms with Crippen molar-refractivity contribution < 1.29 is 4.79 Å². The number of rotatable bonds is 3. The van der Waals surface area contributed by atoms with E-state index in [9.17, 15) is 9.59 Å². The zero-order valence-corrected chi connectivity index (χ0v) is 16.8. The van der Waals surface area contributed by atoms with Gasteiger partial charge in [0.2, 0.25) is 5.91 Å². The molecule has 1 N–H and O–H groups in total. The van der Waals surface area contributed by atoms with Crippen molar-refractivity contribution in [1.29, 1.82) is 0 Å². The summed E-state index contributed by atoms with van der Waals surface area (Å²) in [6.07, 6.45) is 5.90. The largest absolute Gasteiger partial charge is 0.334 e. The lowest BCUT2D eigenvalue weighted by atomic mass is 9.98. The van der Waals surface area contributed by atoms with E-state index < -0.39 is 0 Å². The number of piperidine rings is 1. The van der Waals surface area contributed by atoms with Gasteiger partial charge in [-0.1, -0.05) is 0 Å². The molecule has 7 nitrogen and oxygen atoms in total. The molecule has 2 aliphatic heterocycles.